The summed E-state index contributed by atoms with van der Waals surface area (Å²) in [5.74, 6) is -23.0. The molecule has 28 heavy (non-hydrogen) atoms. The number of halogens is 16. The quantitative estimate of drug-likeness (QED) is 0.450. The lowest BCUT2D eigenvalue weighted by Crippen LogP contribution is -2.83. The second kappa shape index (κ2) is 5.76. The molecule has 0 N–H and O–H groups in total. The smallest absolute Gasteiger partial charge is 0.286 e. The standard InChI is InChI=1S/C9F16O3/c10-1(26)2(11,6(15,16)17)3(12)4(13,7(18,19)20)28-9(24,25)5(14,27-3)8(21,22)23. The van der Waals surface area contributed by atoms with E-state index in [4.69, 9.17) is 0 Å². The Morgan fingerprint density at radius 2 is 0.964 bits per heavy atom. The van der Waals surface area contributed by atoms with Crippen molar-refractivity contribution in [2.75, 3.05) is 0 Å². The number of carbonyl (C=O) groups excluding carboxylic acids is 1. The van der Waals surface area contributed by atoms with Crippen molar-refractivity contribution in [2.24, 2.45) is 0 Å². The van der Waals surface area contributed by atoms with Crippen molar-refractivity contribution in [3.8, 4) is 0 Å². The zero-order chi connectivity index (χ0) is 23.0. The van der Waals surface area contributed by atoms with E-state index in [2.05, 4.69) is 0 Å². The van der Waals surface area contributed by atoms with E-state index in [9.17, 15) is 75.0 Å². The van der Waals surface area contributed by atoms with Gasteiger partial charge in [-0.25, -0.2) is 8.78 Å². The molecule has 0 radical (unpaired) electrons. The molecular weight excluding hydrogens is 460 g/mol. The fourth-order valence-electron chi connectivity index (χ4n) is 1.80. The van der Waals surface area contributed by atoms with Crippen LogP contribution in [0.3, 0.4) is 0 Å². The lowest BCUT2D eigenvalue weighted by Gasteiger charge is -2.52. The van der Waals surface area contributed by atoms with E-state index >= 15 is 0 Å². The minimum absolute atomic E-state index is 1.60. The summed E-state index contributed by atoms with van der Waals surface area (Å²) in [4.78, 5) is 10.2. The summed E-state index contributed by atoms with van der Waals surface area (Å²) < 4.78 is 210. The number of hydrogen-bond acceptors (Lipinski definition) is 3. The van der Waals surface area contributed by atoms with Gasteiger partial charge in [0, 0.05) is 0 Å². The van der Waals surface area contributed by atoms with Crippen molar-refractivity contribution in [3.63, 3.8) is 0 Å². The van der Waals surface area contributed by atoms with Gasteiger partial charge in [-0.1, -0.05) is 0 Å². The summed E-state index contributed by atoms with van der Waals surface area (Å²) in [6.45, 7) is 0. The molecule has 1 rings (SSSR count). The fourth-order valence-corrected chi connectivity index (χ4v) is 1.80. The molecule has 0 amide bonds. The number of alkyl halides is 15. The van der Waals surface area contributed by atoms with Crippen LogP contribution >= 0.6 is 0 Å². The summed E-state index contributed by atoms with van der Waals surface area (Å²) >= 11 is 0. The maximum atomic E-state index is 14.2. The molecule has 3 nitrogen and oxygen atoms in total. The van der Waals surface area contributed by atoms with Crippen LogP contribution in [0.1, 0.15) is 0 Å². The van der Waals surface area contributed by atoms with E-state index in [1.807, 2.05) is 0 Å². The molecule has 4 unspecified atom stereocenters. The molecule has 0 spiro atoms. The first-order valence-electron chi connectivity index (χ1n) is 5.79. The van der Waals surface area contributed by atoms with Crippen LogP contribution in [0.25, 0.3) is 0 Å². The Kier molecular flexibility index (Phi) is 5.04. The highest BCUT2D eigenvalue weighted by molar-refractivity contribution is 5.81. The Hall–Kier alpha value is -1.53. The topological polar surface area (TPSA) is 35.5 Å². The first-order valence-corrected chi connectivity index (χ1v) is 5.79. The molecule has 0 aromatic heterocycles. The third-order valence-electron chi connectivity index (χ3n) is 3.17. The molecule has 0 aliphatic carbocycles. The van der Waals surface area contributed by atoms with Gasteiger partial charge < -0.3 is 0 Å². The van der Waals surface area contributed by atoms with Crippen molar-refractivity contribution >= 4 is 6.04 Å². The average Bonchev–Trinajstić information content (AvgIpc) is 2.39. The van der Waals surface area contributed by atoms with Gasteiger partial charge in [-0.3, -0.25) is 14.3 Å². The normalized spacial score (nSPS) is 36.7. The molecule has 166 valence electrons. The van der Waals surface area contributed by atoms with Crippen LogP contribution in [0.2, 0.25) is 0 Å². The first kappa shape index (κ1) is 24.5. The molecule has 1 saturated heterocycles. The fraction of sp³-hybridized carbons (Fsp3) is 0.889. The van der Waals surface area contributed by atoms with Gasteiger partial charge in [0.15, 0.2) is 0 Å². The third-order valence-corrected chi connectivity index (χ3v) is 3.17. The molecule has 1 fully saturated rings. The zero-order valence-electron chi connectivity index (χ0n) is 11.8. The molecule has 0 aromatic carbocycles. The highest BCUT2D eigenvalue weighted by atomic mass is 19.4. The molecule has 0 bridgehead atoms. The van der Waals surface area contributed by atoms with Gasteiger partial charge in [0.25, 0.3) is 0 Å². The number of ether oxygens (including phenoxy) is 2. The first-order chi connectivity index (χ1) is 11.9. The van der Waals surface area contributed by atoms with E-state index < -0.39 is 53.9 Å². The van der Waals surface area contributed by atoms with Crippen LogP contribution in [-0.2, 0) is 14.3 Å². The van der Waals surface area contributed by atoms with Gasteiger partial charge in [-0.15, -0.1) is 0 Å². The summed E-state index contributed by atoms with van der Waals surface area (Å²) in [7, 11) is 0. The molecule has 1 aliphatic heterocycles. The highest BCUT2D eigenvalue weighted by Crippen LogP contribution is 2.66. The van der Waals surface area contributed by atoms with Crippen molar-refractivity contribution < 1.29 is 84.5 Å². The summed E-state index contributed by atoms with van der Waals surface area (Å²) in [6, 6.07) is -5.05. The SMILES string of the molecule is O=C(F)C(F)(C(F)(F)F)C1(F)OC(F)(C(F)(F)F)C(F)(F)OC1(F)C(F)(F)F. The van der Waals surface area contributed by atoms with Crippen LogP contribution in [0.5, 0.6) is 0 Å². The summed E-state index contributed by atoms with van der Waals surface area (Å²) in [6.07, 6.45) is -30.3. The summed E-state index contributed by atoms with van der Waals surface area (Å²) in [5, 5.41) is 0. The van der Waals surface area contributed by atoms with E-state index in [1.165, 1.54) is 0 Å². The zero-order valence-corrected chi connectivity index (χ0v) is 11.8. The molecule has 0 saturated carbocycles. The van der Waals surface area contributed by atoms with Gasteiger partial charge >= 0.3 is 53.9 Å². The predicted molar refractivity (Wildman–Crippen MR) is 46.8 cm³/mol. The molecular formula is C9F16O3. The molecule has 0 aromatic rings. The molecule has 1 heterocycles. The van der Waals surface area contributed by atoms with Crippen molar-refractivity contribution in [3.05, 3.63) is 0 Å². The maximum Gasteiger partial charge on any atom is 0.458 e. The Morgan fingerprint density at radius 1 is 0.607 bits per heavy atom. The minimum Gasteiger partial charge on any atom is -0.286 e. The van der Waals surface area contributed by atoms with Gasteiger partial charge in [0.1, 0.15) is 0 Å². The molecule has 19 heteroatoms. The third kappa shape index (κ3) is 2.71. The number of rotatable bonds is 2. The number of hydrogen-bond donors (Lipinski definition) is 0. The molecule has 1 aliphatic rings. The van der Waals surface area contributed by atoms with Crippen molar-refractivity contribution in [1.29, 1.82) is 0 Å². The predicted octanol–water partition coefficient (Wildman–Crippen LogP) is 4.51. The minimum atomic E-state index is -7.88. The van der Waals surface area contributed by atoms with E-state index in [-0.39, 0.29) is 0 Å². The average molecular weight is 460 g/mol. The lowest BCUT2D eigenvalue weighted by molar-refractivity contribution is -0.613. The second-order valence-electron chi connectivity index (χ2n) is 4.93. The Bertz CT molecular complexity index is 651. The van der Waals surface area contributed by atoms with Crippen LogP contribution in [0, 0.1) is 0 Å². The van der Waals surface area contributed by atoms with Crippen molar-refractivity contribution in [1.82, 2.24) is 0 Å². The van der Waals surface area contributed by atoms with Gasteiger partial charge in [-0.05, 0) is 0 Å². The second-order valence-corrected chi connectivity index (χ2v) is 4.93. The van der Waals surface area contributed by atoms with Gasteiger partial charge in [0.2, 0.25) is 0 Å². The van der Waals surface area contributed by atoms with Crippen LogP contribution < -0.4 is 0 Å². The van der Waals surface area contributed by atoms with E-state index in [0.717, 1.165) is 0 Å². The van der Waals surface area contributed by atoms with Crippen LogP contribution in [0.15, 0.2) is 0 Å². The Balaban J connectivity index is 4.06. The Labute approximate surface area is 140 Å². The van der Waals surface area contributed by atoms with E-state index in [1.54, 1.807) is 9.47 Å². The van der Waals surface area contributed by atoms with Crippen molar-refractivity contribution in [2.45, 2.75) is 47.9 Å². The van der Waals surface area contributed by atoms with Gasteiger partial charge in [0.05, 0.1) is 0 Å². The van der Waals surface area contributed by atoms with E-state index in [0.29, 0.717) is 0 Å². The van der Waals surface area contributed by atoms with Crippen LogP contribution in [-0.4, -0.2) is 53.9 Å². The largest absolute Gasteiger partial charge is 0.458 e. The molecule has 4 atom stereocenters. The Morgan fingerprint density at radius 3 is 1.21 bits per heavy atom. The lowest BCUT2D eigenvalue weighted by atomic mass is 9.87. The monoisotopic (exact) mass is 460 g/mol. The highest BCUT2D eigenvalue weighted by Gasteiger charge is 2.97. The number of carbonyl (C=O) groups is 1. The maximum absolute atomic E-state index is 14.2. The van der Waals surface area contributed by atoms with Gasteiger partial charge in [-0.2, -0.15) is 61.5 Å². The summed E-state index contributed by atoms with van der Waals surface area (Å²) in [5.41, 5.74) is -7.76. The van der Waals surface area contributed by atoms with Crippen LogP contribution in [0.4, 0.5) is 70.2 Å².